The average molecular weight is 298 g/mol. The smallest absolute Gasteiger partial charge is 0.332 e. The maximum atomic E-state index is 12.2. The van der Waals surface area contributed by atoms with Crippen molar-refractivity contribution in [1.82, 2.24) is 19.1 Å². The zero-order valence-electron chi connectivity index (χ0n) is 12.4. The topological polar surface area (TPSA) is 79.0 Å². The van der Waals surface area contributed by atoms with Crippen molar-refractivity contribution >= 4 is 11.2 Å². The van der Waals surface area contributed by atoms with E-state index in [4.69, 9.17) is 4.74 Å². The molecule has 0 aliphatic rings. The summed E-state index contributed by atoms with van der Waals surface area (Å²) in [7, 11) is 4.58. The molecule has 0 unspecified atom stereocenters. The van der Waals surface area contributed by atoms with Crippen LogP contribution < -0.4 is 16.0 Å². The Morgan fingerprint density at radius 1 is 1.05 bits per heavy atom. The Morgan fingerprint density at radius 3 is 2.36 bits per heavy atom. The number of hydrogen-bond acceptors (Lipinski definition) is 5. The monoisotopic (exact) mass is 298 g/mol. The highest BCUT2D eigenvalue weighted by Crippen LogP contribution is 2.20. The van der Waals surface area contributed by atoms with Crippen LogP contribution in [0.4, 0.5) is 0 Å². The first-order chi connectivity index (χ1) is 10.5. The van der Waals surface area contributed by atoms with Gasteiger partial charge in [-0.1, -0.05) is 0 Å². The van der Waals surface area contributed by atoms with E-state index in [1.807, 2.05) is 12.1 Å². The van der Waals surface area contributed by atoms with Crippen LogP contribution in [0, 0.1) is 0 Å². The molecule has 22 heavy (non-hydrogen) atoms. The average Bonchev–Trinajstić information content (AvgIpc) is 2.57. The van der Waals surface area contributed by atoms with Gasteiger partial charge in [-0.15, -0.1) is 0 Å². The van der Waals surface area contributed by atoms with Gasteiger partial charge in [-0.3, -0.25) is 13.9 Å². The molecule has 0 aliphatic heterocycles. The van der Waals surface area contributed by atoms with Crippen LogP contribution >= 0.6 is 0 Å². The first-order valence-corrected chi connectivity index (χ1v) is 6.60. The summed E-state index contributed by atoms with van der Waals surface area (Å²) < 4.78 is 7.44. The van der Waals surface area contributed by atoms with Crippen molar-refractivity contribution in [2.45, 2.75) is 0 Å². The lowest BCUT2D eigenvalue weighted by molar-refractivity contribution is 0.415. The first-order valence-electron chi connectivity index (χ1n) is 6.60. The number of nitrogens with zero attached hydrogens (tertiary/aromatic N) is 4. The lowest BCUT2D eigenvalue weighted by Crippen LogP contribution is -2.37. The van der Waals surface area contributed by atoms with Crippen LogP contribution in [0.15, 0.2) is 40.1 Å². The van der Waals surface area contributed by atoms with Crippen LogP contribution in [-0.4, -0.2) is 26.2 Å². The lowest BCUT2D eigenvalue weighted by Gasteiger charge is -2.07. The van der Waals surface area contributed by atoms with Crippen molar-refractivity contribution < 1.29 is 4.74 Å². The number of rotatable bonds is 2. The second-order valence-electron chi connectivity index (χ2n) is 4.86. The molecule has 2 aromatic heterocycles. The van der Waals surface area contributed by atoms with E-state index in [-0.39, 0.29) is 11.2 Å². The van der Waals surface area contributed by atoms with Crippen LogP contribution in [0.2, 0.25) is 0 Å². The maximum Gasteiger partial charge on any atom is 0.332 e. The van der Waals surface area contributed by atoms with Gasteiger partial charge in [-0.05, 0) is 24.3 Å². The normalized spacial score (nSPS) is 10.9. The second-order valence-corrected chi connectivity index (χ2v) is 4.86. The number of ether oxygens (including phenoxy) is 1. The van der Waals surface area contributed by atoms with E-state index in [1.165, 1.54) is 11.6 Å². The van der Waals surface area contributed by atoms with E-state index >= 15 is 0 Å². The van der Waals surface area contributed by atoms with Crippen LogP contribution in [0.1, 0.15) is 0 Å². The minimum Gasteiger partial charge on any atom is -0.497 e. The van der Waals surface area contributed by atoms with Crippen LogP contribution in [0.5, 0.6) is 5.75 Å². The fourth-order valence-corrected chi connectivity index (χ4v) is 2.23. The van der Waals surface area contributed by atoms with Crippen LogP contribution in [0.25, 0.3) is 22.4 Å². The first kappa shape index (κ1) is 14.0. The Labute approximate surface area is 125 Å². The molecular weight excluding hydrogens is 284 g/mol. The predicted octanol–water partition coefficient (Wildman–Crippen LogP) is 0.703. The van der Waals surface area contributed by atoms with E-state index in [9.17, 15) is 9.59 Å². The molecule has 0 spiro atoms. The fraction of sp³-hybridized carbons (Fsp3) is 0.200. The van der Waals surface area contributed by atoms with Gasteiger partial charge in [-0.25, -0.2) is 14.8 Å². The van der Waals surface area contributed by atoms with Gasteiger partial charge < -0.3 is 4.74 Å². The molecule has 0 amide bonds. The fourth-order valence-electron chi connectivity index (χ4n) is 2.23. The third kappa shape index (κ3) is 2.07. The Balaban J connectivity index is 2.25. The van der Waals surface area contributed by atoms with Gasteiger partial charge in [0.15, 0.2) is 11.2 Å². The molecule has 0 aliphatic carbocycles. The standard InChI is InChI=1S/C15H14N4O3/c1-18-13-12(14(20)19(2)15(18)21)17-11(8-16-13)9-4-6-10(22-3)7-5-9/h4-8H,1-3H3. The number of benzene rings is 1. The maximum absolute atomic E-state index is 12.2. The molecule has 3 aromatic rings. The third-order valence-electron chi connectivity index (χ3n) is 3.54. The van der Waals surface area contributed by atoms with Crippen LogP contribution in [0.3, 0.4) is 0 Å². The van der Waals surface area contributed by atoms with Gasteiger partial charge in [0.1, 0.15) is 5.75 Å². The second kappa shape index (κ2) is 5.10. The molecule has 0 bridgehead atoms. The molecule has 3 rings (SSSR count). The molecule has 0 radical (unpaired) electrons. The molecule has 0 atom stereocenters. The minimum absolute atomic E-state index is 0.165. The van der Waals surface area contributed by atoms with Crippen molar-refractivity contribution in [2.75, 3.05) is 7.11 Å². The van der Waals surface area contributed by atoms with Gasteiger partial charge in [0.25, 0.3) is 5.56 Å². The van der Waals surface area contributed by atoms with E-state index < -0.39 is 11.2 Å². The number of methoxy groups -OCH3 is 1. The summed E-state index contributed by atoms with van der Waals surface area (Å²) in [5, 5.41) is 0. The Hall–Kier alpha value is -2.96. The number of aromatic nitrogens is 4. The molecular formula is C15H14N4O3. The third-order valence-corrected chi connectivity index (χ3v) is 3.54. The van der Waals surface area contributed by atoms with Gasteiger partial charge >= 0.3 is 5.69 Å². The molecule has 2 heterocycles. The van der Waals surface area contributed by atoms with Crippen molar-refractivity contribution in [2.24, 2.45) is 14.1 Å². The summed E-state index contributed by atoms with van der Waals surface area (Å²) in [6, 6.07) is 7.28. The molecule has 0 saturated carbocycles. The van der Waals surface area contributed by atoms with Gasteiger partial charge in [-0.2, -0.15) is 0 Å². The summed E-state index contributed by atoms with van der Waals surface area (Å²) in [4.78, 5) is 32.7. The van der Waals surface area contributed by atoms with Gasteiger partial charge in [0.2, 0.25) is 0 Å². The Kier molecular flexibility index (Phi) is 3.25. The van der Waals surface area contributed by atoms with Crippen molar-refractivity contribution in [3.63, 3.8) is 0 Å². The zero-order valence-corrected chi connectivity index (χ0v) is 12.4. The Morgan fingerprint density at radius 2 is 1.73 bits per heavy atom. The molecule has 0 N–H and O–H groups in total. The predicted molar refractivity (Wildman–Crippen MR) is 82.0 cm³/mol. The largest absolute Gasteiger partial charge is 0.497 e. The molecule has 112 valence electrons. The summed E-state index contributed by atoms with van der Waals surface area (Å²) in [6.45, 7) is 0. The Bertz CT molecular complexity index is 971. The van der Waals surface area contributed by atoms with E-state index in [0.717, 1.165) is 15.9 Å². The molecule has 0 saturated heterocycles. The highest BCUT2D eigenvalue weighted by Gasteiger charge is 2.12. The lowest BCUT2D eigenvalue weighted by atomic mass is 10.1. The van der Waals surface area contributed by atoms with Crippen molar-refractivity contribution in [3.05, 3.63) is 51.3 Å². The number of fused-ring (bicyclic) bond motifs is 1. The van der Waals surface area contributed by atoms with Crippen molar-refractivity contribution in [1.29, 1.82) is 0 Å². The molecule has 1 aromatic carbocycles. The minimum atomic E-state index is -0.457. The summed E-state index contributed by atoms with van der Waals surface area (Å²) in [5.74, 6) is 0.732. The van der Waals surface area contributed by atoms with Gasteiger partial charge in [0.05, 0.1) is 19.0 Å². The zero-order chi connectivity index (χ0) is 15.9. The SMILES string of the molecule is COc1ccc(-c2cnc3c(n2)c(=O)n(C)c(=O)n3C)cc1. The summed E-state index contributed by atoms with van der Waals surface area (Å²) in [5.41, 5.74) is 0.922. The van der Waals surface area contributed by atoms with Gasteiger partial charge in [0, 0.05) is 19.7 Å². The van der Waals surface area contributed by atoms with E-state index in [2.05, 4.69) is 9.97 Å². The van der Waals surface area contributed by atoms with Crippen LogP contribution in [-0.2, 0) is 14.1 Å². The quantitative estimate of drug-likeness (QED) is 0.696. The summed E-state index contributed by atoms with van der Waals surface area (Å²) in [6.07, 6.45) is 1.54. The van der Waals surface area contributed by atoms with Crippen molar-refractivity contribution in [3.8, 4) is 17.0 Å². The number of hydrogen-bond donors (Lipinski definition) is 0. The highest BCUT2D eigenvalue weighted by atomic mass is 16.5. The summed E-state index contributed by atoms with van der Waals surface area (Å²) >= 11 is 0. The van der Waals surface area contributed by atoms with E-state index in [0.29, 0.717) is 5.69 Å². The molecule has 0 fully saturated rings. The number of aryl methyl sites for hydroxylation is 1. The molecule has 7 heteroatoms. The highest BCUT2D eigenvalue weighted by molar-refractivity contribution is 5.73. The molecule has 7 nitrogen and oxygen atoms in total. The van der Waals surface area contributed by atoms with E-state index in [1.54, 1.807) is 32.5 Å².